The summed E-state index contributed by atoms with van der Waals surface area (Å²) in [7, 11) is 0. The van der Waals surface area contributed by atoms with Gasteiger partial charge in [0.25, 0.3) is 0 Å². The first kappa shape index (κ1) is 15.8. The number of hydrogen-bond acceptors (Lipinski definition) is 3. The molecule has 1 aliphatic heterocycles. The molecular weight excluding hydrogens is 346 g/mol. The highest BCUT2D eigenvalue weighted by Crippen LogP contribution is 2.40. The lowest BCUT2D eigenvalue weighted by atomic mass is 9.85. The van der Waals surface area contributed by atoms with Crippen LogP contribution in [-0.4, -0.2) is 14.8 Å². The third kappa shape index (κ3) is 2.33. The lowest BCUT2D eigenvalue weighted by Gasteiger charge is -2.22. The molecule has 5 rings (SSSR count). The third-order valence-corrected chi connectivity index (χ3v) is 5.50. The van der Waals surface area contributed by atoms with Crippen molar-refractivity contribution in [3.8, 4) is 5.69 Å². The van der Waals surface area contributed by atoms with Crippen LogP contribution < -0.4 is 0 Å². The van der Waals surface area contributed by atoms with Crippen molar-refractivity contribution in [3.05, 3.63) is 81.4 Å². The molecule has 1 aromatic heterocycles. The highest BCUT2D eigenvalue weighted by atomic mass is 35.5. The lowest BCUT2D eigenvalue weighted by Crippen LogP contribution is -2.08. The maximum atomic E-state index is 6.72. The Bertz CT molecular complexity index is 1050. The average molecular weight is 364 g/mol. The van der Waals surface area contributed by atoms with E-state index in [1.165, 1.54) is 16.7 Å². The van der Waals surface area contributed by atoms with Gasteiger partial charge < -0.3 is 4.74 Å². The van der Waals surface area contributed by atoms with E-state index in [9.17, 15) is 0 Å². The first-order chi connectivity index (χ1) is 12.7. The molecule has 5 heteroatoms. The number of aryl methyl sites for hydroxylation is 2. The molecular formula is C21H18ClN3O. The summed E-state index contributed by atoms with van der Waals surface area (Å²) in [5, 5.41) is 9.23. The van der Waals surface area contributed by atoms with Gasteiger partial charge in [0.05, 0.1) is 12.3 Å². The molecule has 0 unspecified atom stereocenters. The largest absolute Gasteiger partial charge is 0.369 e. The van der Waals surface area contributed by atoms with Gasteiger partial charge in [-0.2, -0.15) is 0 Å². The van der Waals surface area contributed by atoms with Crippen molar-refractivity contribution < 1.29 is 4.74 Å². The molecule has 0 atom stereocenters. The van der Waals surface area contributed by atoms with Gasteiger partial charge in [0.2, 0.25) is 0 Å². The maximum Gasteiger partial charge on any atom is 0.163 e. The van der Waals surface area contributed by atoms with Crippen molar-refractivity contribution in [1.29, 1.82) is 0 Å². The maximum absolute atomic E-state index is 6.72. The molecule has 130 valence electrons. The Morgan fingerprint density at radius 2 is 1.96 bits per heavy atom. The van der Waals surface area contributed by atoms with E-state index in [-0.39, 0.29) is 0 Å². The zero-order valence-corrected chi connectivity index (χ0v) is 15.3. The first-order valence-electron chi connectivity index (χ1n) is 8.83. The van der Waals surface area contributed by atoms with Crippen molar-refractivity contribution in [3.63, 3.8) is 0 Å². The van der Waals surface area contributed by atoms with E-state index < -0.39 is 0 Å². The lowest BCUT2D eigenvalue weighted by molar-refractivity contribution is 0.105. The van der Waals surface area contributed by atoms with Gasteiger partial charge >= 0.3 is 0 Å². The molecule has 0 saturated carbocycles. The Morgan fingerprint density at radius 3 is 2.88 bits per heavy atom. The second-order valence-electron chi connectivity index (χ2n) is 6.73. The van der Waals surface area contributed by atoms with Crippen LogP contribution in [-0.2, 0) is 24.4 Å². The molecule has 4 nitrogen and oxygen atoms in total. The summed E-state index contributed by atoms with van der Waals surface area (Å²) in [6, 6.07) is 12.6. The molecule has 0 spiro atoms. The number of fused-ring (bicyclic) bond motifs is 4. The van der Waals surface area contributed by atoms with Crippen LogP contribution in [0.15, 0.2) is 42.5 Å². The topological polar surface area (TPSA) is 39.9 Å². The SMILES string of the molecule is Cc1nnc2n1-c1ccc(Cl)c(C3=CCCc4ccccc43)c1COC2. The number of rotatable bonds is 1. The summed E-state index contributed by atoms with van der Waals surface area (Å²) in [6.07, 6.45) is 4.39. The molecule has 2 heterocycles. The van der Waals surface area contributed by atoms with E-state index in [0.717, 1.165) is 46.3 Å². The number of hydrogen-bond donors (Lipinski definition) is 0. The van der Waals surface area contributed by atoms with Gasteiger partial charge in [-0.3, -0.25) is 4.57 Å². The van der Waals surface area contributed by atoms with Crippen LogP contribution in [0.4, 0.5) is 0 Å². The van der Waals surface area contributed by atoms with Crippen LogP contribution in [0.3, 0.4) is 0 Å². The fraction of sp³-hybridized carbons (Fsp3) is 0.238. The quantitative estimate of drug-likeness (QED) is 0.632. The predicted octanol–water partition coefficient (Wildman–Crippen LogP) is 4.64. The Morgan fingerprint density at radius 1 is 1.08 bits per heavy atom. The van der Waals surface area contributed by atoms with Crippen molar-refractivity contribution >= 4 is 17.2 Å². The van der Waals surface area contributed by atoms with Crippen molar-refractivity contribution in [2.75, 3.05) is 0 Å². The van der Waals surface area contributed by atoms with Gasteiger partial charge in [-0.15, -0.1) is 10.2 Å². The molecule has 1 aliphatic carbocycles. The second kappa shape index (κ2) is 6.08. The van der Waals surface area contributed by atoms with Crippen molar-refractivity contribution in [2.45, 2.75) is 33.0 Å². The Labute approximate surface area is 157 Å². The Balaban J connectivity index is 1.78. The van der Waals surface area contributed by atoms with Gasteiger partial charge in [-0.1, -0.05) is 41.9 Å². The van der Waals surface area contributed by atoms with Gasteiger partial charge in [0.1, 0.15) is 12.4 Å². The number of allylic oxidation sites excluding steroid dienone is 1. The molecule has 0 saturated heterocycles. The van der Waals surface area contributed by atoms with Crippen LogP contribution >= 0.6 is 11.6 Å². The summed E-state index contributed by atoms with van der Waals surface area (Å²) >= 11 is 6.72. The van der Waals surface area contributed by atoms with Crippen LogP contribution in [0.1, 0.15) is 40.3 Å². The summed E-state index contributed by atoms with van der Waals surface area (Å²) in [6.45, 7) is 2.92. The molecule has 0 amide bonds. The minimum absolute atomic E-state index is 0.447. The normalized spacial score (nSPS) is 15.5. The van der Waals surface area contributed by atoms with Gasteiger partial charge in [0.15, 0.2) is 5.82 Å². The summed E-state index contributed by atoms with van der Waals surface area (Å²) in [5.74, 6) is 1.69. The van der Waals surface area contributed by atoms with Crippen molar-refractivity contribution in [1.82, 2.24) is 14.8 Å². The molecule has 0 radical (unpaired) electrons. The average Bonchev–Trinajstić information content (AvgIpc) is 2.92. The van der Waals surface area contributed by atoms with E-state index in [4.69, 9.17) is 16.3 Å². The number of aromatic nitrogens is 3. The Hall–Kier alpha value is -2.43. The minimum atomic E-state index is 0.447. The van der Waals surface area contributed by atoms with E-state index in [1.807, 2.05) is 19.1 Å². The van der Waals surface area contributed by atoms with Crippen molar-refractivity contribution in [2.24, 2.45) is 0 Å². The smallest absolute Gasteiger partial charge is 0.163 e. The predicted molar refractivity (Wildman–Crippen MR) is 101 cm³/mol. The highest BCUT2D eigenvalue weighted by molar-refractivity contribution is 6.33. The first-order valence-corrected chi connectivity index (χ1v) is 9.21. The third-order valence-electron chi connectivity index (χ3n) is 5.19. The molecule has 2 aromatic carbocycles. The monoisotopic (exact) mass is 363 g/mol. The van der Waals surface area contributed by atoms with Gasteiger partial charge in [-0.25, -0.2) is 0 Å². The van der Waals surface area contributed by atoms with E-state index in [1.54, 1.807) is 0 Å². The number of halogens is 1. The number of ether oxygens (including phenoxy) is 1. The fourth-order valence-electron chi connectivity index (χ4n) is 4.03. The summed E-state index contributed by atoms with van der Waals surface area (Å²) in [4.78, 5) is 0. The molecule has 2 aliphatic rings. The fourth-order valence-corrected chi connectivity index (χ4v) is 4.31. The second-order valence-corrected chi connectivity index (χ2v) is 7.13. The van der Waals surface area contributed by atoms with Crippen LogP contribution in [0.2, 0.25) is 5.02 Å². The summed E-state index contributed by atoms with van der Waals surface area (Å²) in [5.41, 5.74) is 7.06. The van der Waals surface area contributed by atoms with Crippen LogP contribution in [0.25, 0.3) is 11.3 Å². The molecule has 0 bridgehead atoms. The zero-order chi connectivity index (χ0) is 17.7. The number of benzene rings is 2. The zero-order valence-electron chi connectivity index (χ0n) is 14.5. The molecule has 26 heavy (non-hydrogen) atoms. The molecule has 3 aromatic rings. The van der Waals surface area contributed by atoms with Crippen LogP contribution in [0.5, 0.6) is 0 Å². The minimum Gasteiger partial charge on any atom is -0.369 e. The van der Waals surface area contributed by atoms with E-state index in [0.29, 0.717) is 13.2 Å². The van der Waals surface area contributed by atoms with Gasteiger partial charge in [-0.05, 0) is 48.6 Å². The number of nitrogens with zero attached hydrogens (tertiary/aromatic N) is 3. The highest BCUT2D eigenvalue weighted by Gasteiger charge is 2.25. The standard InChI is InChI=1S/C21H18ClN3O/c1-13-23-24-20-12-26-11-17-19(25(13)20)10-9-18(22)21(17)16-8-4-6-14-5-2-3-7-15(14)16/h2-3,5,7-10H,4,6,11-12H2,1H3. The Kier molecular flexibility index (Phi) is 3.69. The van der Waals surface area contributed by atoms with E-state index >= 15 is 0 Å². The molecule has 0 N–H and O–H groups in total. The van der Waals surface area contributed by atoms with Gasteiger partial charge in [0, 0.05) is 16.1 Å². The molecule has 0 fully saturated rings. The van der Waals surface area contributed by atoms with Crippen LogP contribution in [0, 0.1) is 6.92 Å². The van der Waals surface area contributed by atoms with E-state index in [2.05, 4.69) is 45.1 Å². The summed E-state index contributed by atoms with van der Waals surface area (Å²) < 4.78 is 8.01.